The number of nitrogens with zero attached hydrogens (tertiary/aromatic N) is 6. The van der Waals surface area contributed by atoms with E-state index < -0.39 is 0 Å². The first-order valence-corrected chi connectivity index (χ1v) is 12.9. The smallest absolute Gasteiger partial charge is 0.217 e. The number of aromatic nitrogens is 6. The molecule has 34 heavy (non-hydrogen) atoms. The molecule has 0 aromatic carbocycles. The molecule has 176 valence electrons. The van der Waals surface area contributed by atoms with Crippen LogP contribution in [0.1, 0.15) is 61.2 Å². The van der Waals surface area contributed by atoms with E-state index >= 15 is 0 Å². The van der Waals surface area contributed by atoms with Crippen LogP contribution in [-0.2, 0) is 19.4 Å². The van der Waals surface area contributed by atoms with Crippen LogP contribution in [-0.4, -0.2) is 29.4 Å². The van der Waals surface area contributed by atoms with Crippen molar-refractivity contribution < 1.29 is 4.42 Å². The minimum atomic E-state index is 0.364. The number of rotatable bonds is 5. The molecule has 0 spiro atoms. The molecule has 5 heterocycles. The molecule has 5 aromatic rings. The summed E-state index contributed by atoms with van der Waals surface area (Å²) in [5, 5.41) is 10.4. The van der Waals surface area contributed by atoms with Crippen LogP contribution in [0.15, 0.2) is 28.9 Å². The molecule has 6 rings (SSSR count). The van der Waals surface area contributed by atoms with Gasteiger partial charge >= 0.3 is 0 Å². The number of aryl methyl sites for hydroxylation is 3. The van der Waals surface area contributed by atoms with Gasteiger partial charge in [0.2, 0.25) is 5.82 Å². The van der Waals surface area contributed by atoms with Crippen molar-refractivity contribution in [3.05, 3.63) is 52.1 Å². The van der Waals surface area contributed by atoms with Gasteiger partial charge in [-0.15, -0.1) is 16.4 Å². The molecular weight excluding hydrogens is 444 g/mol. The average molecular weight is 475 g/mol. The third-order valence-corrected chi connectivity index (χ3v) is 8.86. The summed E-state index contributed by atoms with van der Waals surface area (Å²) in [6, 6.07) is 5.99. The van der Waals surface area contributed by atoms with Gasteiger partial charge in [-0.05, 0) is 68.2 Å². The van der Waals surface area contributed by atoms with E-state index in [1.54, 1.807) is 10.8 Å². The van der Waals surface area contributed by atoms with Gasteiger partial charge in [-0.3, -0.25) is 4.68 Å². The SMILES string of the molecule is CCC(C)(C)[C@@H]1CCc2c(sc3ncn4nc(-c5ccc(Cn6nc(C)cc6C)o5)nc4c23)C1. The molecule has 1 aliphatic carbocycles. The molecule has 1 aliphatic rings. The molecule has 5 aromatic heterocycles. The van der Waals surface area contributed by atoms with Crippen LogP contribution in [0.3, 0.4) is 0 Å². The molecule has 0 saturated heterocycles. The van der Waals surface area contributed by atoms with Gasteiger partial charge in [-0.2, -0.15) is 5.10 Å². The van der Waals surface area contributed by atoms with E-state index in [1.165, 1.54) is 28.7 Å². The van der Waals surface area contributed by atoms with Crippen LogP contribution in [0, 0.1) is 25.2 Å². The van der Waals surface area contributed by atoms with Crippen molar-refractivity contribution in [2.24, 2.45) is 11.3 Å². The minimum absolute atomic E-state index is 0.364. The summed E-state index contributed by atoms with van der Waals surface area (Å²) in [6.45, 7) is 11.8. The third-order valence-electron chi connectivity index (χ3n) is 7.69. The summed E-state index contributed by atoms with van der Waals surface area (Å²) in [5.41, 5.74) is 4.78. The van der Waals surface area contributed by atoms with Crippen molar-refractivity contribution >= 4 is 27.2 Å². The lowest BCUT2D eigenvalue weighted by molar-refractivity contribution is 0.184. The van der Waals surface area contributed by atoms with Gasteiger partial charge in [-0.1, -0.05) is 27.2 Å². The van der Waals surface area contributed by atoms with Crippen molar-refractivity contribution in [3.63, 3.8) is 0 Å². The normalized spacial score (nSPS) is 16.6. The van der Waals surface area contributed by atoms with Crippen LogP contribution in [0.4, 0.5) is 0 Å². The Balaban J connectivity index is 1.35. The molecule has 0 amide bonds. The molecule has 0 N–H and O–H groups in total. The Bertz CT molecular complexity index is 1520. The number of thiophene rings is 1. The molecule has 0 radical (unpaired) electrons. The van der Waals surface area contributed by atoms with Gasteiger partial charge in [-0.25, -0.2) is 14.5 Å². The second-order valence-electron chi connectivity index (χ2n) is 10.3. The second-order valence-corrected chi connectivity index (χ2v) is 11.3. The summed E-state index contributed by atoms with van der Waals surface area (Å²) in [5.74, 6) is 2.81. The van der Waals surface area contributed by atoms with Crippen molar-refractivity contribution in [1.82, 2.24) is 29.4 Å². The zero-order valence-electron chi connectivity index (χ0n) is 20.4. The van der Waals surface area contributed by atoms with Gasteiger partial charge in [0, 0.05) is 10.6 Å². The highest BCUT2D eigenvalue weighted by Gasteiger charge is 2.33. The van der Waals surface area contributed by atoms with Crippen LogP contribution < -0.4 is 0 Å². The van der Waals surface area contributed by atoms with E-state index in [-0.39, 0.29) is 0 Å². The number of hydrogen-bond acceptors (Lipinski definition) is 6. The maximum Gasteiger partial charge on any atom is 0.217 e. The van der Waals surface area contributed by atoms with Crippen molar-refractivity contribution in [2.45, 2.75) is 66.8 Å². The van der Waals surface area contributed by atoms with E-state index in [1.807, 2.05) is 35.1 Å². The molecular formula is C26H30N6OS. The van der Waals surface area contributed by atoms with Crippen molar-refractivity contribution in [2.75, 3.05) is 0 Å². The summed E-state index contributed by atoms with van der Waals surface area (Å²) < 4.78 is 9.87. The Hall–Kier alpha value is -3.00. The minimum Gasteiger partial charge on any atom is -0.456 e. The Morgan fingerprint density at radius 1 is 1.21 bits per heavy atom. The zero-order valence-corrected chi connectivity index (χ0v) is 21.2. The molecule has 7 nitrogen and oxygen atoms in total. The molecule has 8 heteroatoms. The monoisotopic (exact) mass is 474 g/mol. The van der Waals surface area contributed by atoms with Crippen LogP contribution >= 0.6 is 11.3 Å². The molecule has 0 bridgehead atoms. The van der Waals surface area contributed by atoms with E-state index in [0.29, 0.717) is 29.5 Å². The average Bonchev–Trinajstić information content (AvgIpc) is 3.57. The summed E-state index contributed by atoms with van der Waals surface area (Å²) in [6.07, 6.45) is 6.43. The largest absolute Gasteiger partial charge is 0.456 e. The first-order valence-electron chi connectivity index (χ1n) is 12.1. The summed E-state index contributed by atoms with van der Waals surface area (Å²) in [4.78, 5) is 12.2. The lowest BCUT2D eigenvalue weighted by Crippen LogP contribution is -2.28. The first-order chi connectivity index (χ1) is 16.3. The van der Waals surface area contributed by atoms with Crippen molar-refractivity contribution in [3.8, 4) is 11.6 Å². The fourth-order valence-corrected chi connectivity index (χ4v) is 6.46. The lowest BCUT2D eigenvalue weighted by atomic mass is 9.70. The van der Waals surface area contributed by atoms with Crippen LogP contribution in [0.25, 0.3) is 27.4 Å². The topological polar surface area (TPSA) is 74.0 Å². The molecule has 0 fully saturated rings. The predicted octanol–water partition coefficient (Wildman–Crippen LogP) is 6.00. The van der Waals surface area contributed by atoms with Crippen molar-refractivity contribution in [1.29, 1.82) is 0 Å². The highest BCUT2D eigenvalue weighted by Crippen LogP contribution is 2.45. The lowest BCUT2D eigenvalue weighted by Gasteiger charge is -2.36. The van der Waals surface area contributed by atoms with Gasteiger partial charge in [0.1, 0.15) is 16.9 Å². The predicted molar refractivity (Wildman–Crippen MR) is 134 cm³/mol. The molecule has 0 unspecified atom stereocenters. The Labute approximate surface area is 202 Å². The summed E-state index contributed by atoms with van der Waals surface area (Å²) >= 11 is 1.83. The summed E-state index contributed by atoms with van der Waals surface area (Å²) in [7, 11) is 0. The molecule has 0 saturated carbocycles. The van der Waals surface area contributed by atoms with Gasteiger partial charge in [0.05, 0.1) is 17.6 Å². The first kappa shape index (κ1) is 21.5. The van der Waals surface area contributed by atoms with E-state index in [0.717, 1.165) is 40.5 Å². The third kappa shape index (κ3) is 3.47. The van der Waals surface area contributed by atoms with E-state index in [2.05, 4.69) is 38.9 Å². The molecule has 0 aliphatic heterocycles. The Morgan fingerprint density at radius 2 is 2.06 bits per heavy atom. The second kappa shape index (κ2) is 7.77. The maximum absolute atomic E-state index is 6.12. The fraction of sp³-hybridized carbons (Fsp3) is 0.462. The zero-order chi connectivity index (χ0) is 23.6. The van der Waals surface area contributed by atoms with E-state index in [9.17, 15) is 0 Å². The fourth-order valence-electron chi connectivity index (χ4n) is 5.20. The molecule has 1 atom stereocenters. The van der Waals surface area contributed by atoms with Crippen LogP contribution in [0.2, 0.25) is 0 Å². The van der Waals surface area contributed by atoms with Gasteiger partial charge < -0.3 is 4.42 Å². The number of hydrogen-bond donors (Lipinski definition) is 0. The number of furan rings is 1. The standard InChI is InChI=1S/C26H30N6OS/c1-6-26(4,5)17-7-9-19-21(12-17)34-25-22(19)24-28-23(30-32(24)14-27-25)20-10-8-18(33-20)13-31-16(3)11-15(2)29-31/h8,10-11,14,17H,6-7,9,12-13H2,1-5H3/t17-/m1/s1. The van der Waals surface area contributed by atoms with Gasteiger partial charge in [0.15, 0.2) is 11.4 Å². The van der Waals surface area contributed by atoms with Crippen LogP contribution in [0.5, 0.6) is 0 Å². The van der Waals surface area contributed by atoms with Gasteiger partial charge in [0.25, 0.3) is 0 Å². The Kier molecular flexibility index (Phi) is 4.92. The maximum atomic E-state index is 6.12. The number of fused-ring (bicyclic) bond motifs is 5. The quantitative estimate of drug-likeness (QED) is 0.312. The highest BCUT2D eigenvalue weighted by molar-refractivity contribution is 7.19. The van der Waals surface area contributed by atoms with E-state index in [4.69, 9.17) is 19.5 Å². The highest BCUT2D eigenvalue weighted by atomic mass is 32.1. The Morgan fingerprint density at radius 3 is 2.82 bits per heavy atom.